The van der Waals surface area contributed by atoms with Crippen molar-refractivity contribution in [2.75, 3.05) is 6.61 Å². The minimum absolute atomic E-state index is 0.122. The minimum Gasteiger partial charge on any atom is -0.388 e. The molecule has 3 aliphatic rings. The molecule has 1 aliphatic carbocycles. The molecule has 0 spiro atoms. The van der Waals surface area contributed by atoms with Crippen LogP contribution in [0.1, 0.15) is 65.3 Å². The highest BCUT2D eigenvalue weighted by molar-refractivity contribution is 6.21. The number of fused-ring (bicyclic) bond motifs is 1. The maximum atomic E-state index is 15.1. The van der Waals surface area contributed by atoms with Crippen molar-refractivity contribution in [3.05, 3.63) is 34.9 Å². The number of nitrogens with zero attached hydrogens (tertiary/aromatic N) is 1. The third-order valence-corrected chi connectivity index (χ3v) is 5.78. The van der Waals surface area contributed by atoms with Crippen molar-refractivity contribution in [3.8, 4) is 0 Å². The predicted molar refractivity (Wildman–Crippen MR) is 95.3 cm³/mol. The summed E-state index contributed by atoms with van der Waals surface area (Å²) in [4.78, 5) is 25.8. The fourth-order valence-electron chi connectivity index (χ4n) is 3.92. The first-order chi connectivity index (χ1) is 13.2. The number of carbonyl (C=O) groups excluding carboxylic acids is 2. The van der Waals surface area contributed by atoms with Gasteiger partial charge < -0.3 is 19.7 Å². The van der Waals surface area contributed by atoms with E-state index in [4.69, 9.17) is 9.47 Å². The van der Waals surface area contributed by atoms with Crippen molar-refractivity contribution in [2.45, 2.75) is 69.4 Å². The highest BCUT2D eigenvalue weighted by atomic mass is 19.1. The molecule has 4 rings (SSSR count). The number of carbonyl (C=O) groups is 2. The largest absolute Gasteiger partial charge is 0.388 e. The number of ether oxygens (including phenoxy) is 2. The lowest BCUT2D eigenvalue weighted by Crippen LogP contribution is -2.58. The molecule has 1 saturated heterocycles. The maximum absolute atomic E-state index is 15.1. The predicted octanol–water partition coefficient (Wildman–Crippen LogP) is 1.72. The van der Waals surface area contributed by atoms with Crippen molar-refractivity contribution in [1.82, 2.24) is 4.90 Å². The monoisotopic (exact) mass is 393 g/mol. The van der Waals surface area contributed by atoms with Crippen LogP contribution in [0.5, 0.6) is 0 Å². The molecule has 0 radical (unpaired) electrons. The van der Waals surface area contributed by atoms with Gasteiger partial charge in [-0.15, -0.1) is 0 Å². The molecule has 2 N–H and O–H groups in total. The second-order valence-corrected chi connectivity index (χ2v) is 8.14. The van der Waals surface area contributed by atoms with Crippen LogP contribution < -0.4 is 0 Å². The molecule has 2 heterocycles. The summed E-state index contributed by atoms with van der Waals surface area (Å²) in [5.41, 5.74) is 1.24. The second-order valence-electron chi connectivity index (χ2n) is 8.14. The van der Waals surface area contributed by atoms with E-state index in [1.807, 2.05) is 0 Å². The van der Waals surface area contributed by atoms with Crippen LogP contribution in [0, 0.1) is 0 Å². The van der Waals surface area contributed by atoms with Gasteiger partial charge in [0.15, 0.2) is 5.79 Å². The molecular weight excluding hydrogens is 369 g/mol. The number of halogens is 1. The van der Waals surface area contributed by atoms with E-state index in [-0.39, 0.29) is 17.7 Å². The number of imide groups is 1. The van der Waals surface area contributed by atoms with Crippen molar-refractivity contribution in [2.24, 2.45) is 0 Å². The Kier molecular flexibility index (Phi) is 4.78. The lowest BCUT2D eigenvalue weighted by Gasteiger charge is -2.42. The first kappa shape index (κ1) is 19.4. The Balaban J connectivity index is 1.56. The van der Waals surface area contributed by atoms with Crippen molar-refractivity contribution in [1.29, 1.82) is 0 Å². The van der Waals surface area contributed by atoms with Crippen LogP contribution in [0.25, 0.3) is 0 Å². The van der Waals surface area contributed by atoms with E-state index in [1.165, 1.54) is 0 Å². The minimum atomic E-state index is -2.35. The Bertz CT molecular complexity index is 808. The van der Waals surface area contributed by atoms with E-state index < -0.39 is 42.2 Å². The normalized spacial score (nSPS) is 29.4. The van der Waals surface area contributed by atoms with Crippen LogP contribution in [0.4, 0.5) is 4.39 Å². The van der Waals surface area contributed by atoms with Gasteiger partial charge in [-0.2, -0.15) is 0 Å². The van der Waals surface area contributed by atoms with Gasteiger partial charge in [0.05, 0.1) is 17.7 Å². The molecule has 2 aliphatic heterocycles. The Morgan fingerprint density at radius 1 is 1.21 bits per heavy atom. The molecule has 1 aromatic carbocycles. The Labute approximate surface area is 162 Å². The Morgan fingerprint density at radius 2 is 1.89 bits per heavy atom. The standard InChI is InChI=1S/C20H24FNO6/c1-20(2)27-9-14(23)16(28-20)15(24)17(21)22-18(25)12-7-6-11(10-4-3-5-10)8-13(12)19(22)26/h6-8,10,14-17,23-24H,3-5,9H2,1-2H3/t14?,15?,16-,17+/m1/s1. The van der Waals surface area contributed by atoms with Crippen LogP contribution in [0.3, 0.4) is 0 Å². The molecule has 28 heavy (non-hydrogen) atoms. The van der Waals surface area contributed by atoms with E-state index >= 15 is 4.39 Å². The van der Waals surface area contributed by atoms with Gasteiger partial charge in [-0.25, -0.2) is 9.29 Å². The third-order valence-electron chi connectivity index (χ3n) is 5.78. The summed E-state index contributed by atoms with van der Waals surface area (Å²) in [5, 5.41) is 20.5. The highest BCUT2D eigenvalue weighted by Gasteiger charge is 2.49. The number of aliphatic hydroxyl groups is 2. The topological polar surface area (TPSA) is 96.3 Å². The SMILES string of the molecule is CC1(C)OCC(O)[C@H](C(O)[C@@H](F)N2C(=O)c3ccc(C4CCC4)cc3C2=O)O1. The molecule has 7 nitrogen and oxygen atoms in total. The first-order valence-electron chi connectivity index (χ1n) is 9.53. The van der Waals surface area contributed by atoms with Gasteiger partial charge in [-0.3, -0.25) is 9.59 Å². The molecule has 0 aromatic heterocycles. The number of hydrogen-bond donors (Lipinski definition) is 2. The molecule has 1 saturated carbocycles. The number of hydrogen-bond acceptors (Lipinski definition) is 6. The van der Waals surface area contributed by atoms with Gasteiger partial charge in [0.25, 0.3) is 11.8 Å². The molecular formula is C20H24FNO6. The number of benzene rings is 1. The Morgan fingerprint density at radius 3 is 2.54 bits per heavy atom. The van der Waals surface area contributed by atoms with Crippen molar-refractivity contribution < 1.29 is 33.7 Å². The highest BCUT2D eigenvalue weighted by Crippen LogP contribution is 2.38. The number of rotatable bonds is 4. The zero-order valence-electron chi connectivity index (χ0n) is 15.8. The van der Waals surface area contributed by atoms with E-state index in [9.17, 15) is 19.8 Å². The summed E-state index contributed by atoms with van der Waals surface area (Å²) in [5.74, 6) is -2.35. The van der Waals surface area contributed by atoms with Crippen LogP contribution in [0.2, 0.25) is 0 Å². The van der Waals surface area contributed by atoms with Gasteiger partial charge in [-0.05, 0) is 50.3 Å². The van der Waals surface area contributed by atoms with Crippen LogP contribution in [-0.2, 0) is 9.47 Å². The number of alkyl halides is 1. The number of aliphatic hydroxyl groups excluding tert-OH is 2. The lowest BCUT2D eigenvalue weighted by atomic mass is 9.79. The lowest BCUT2D eigenvalue weighted by molar-refractivity contribution is -0.323. The fraction of sp³-hybridized carbons (Fsp3) is 0.600. The first-order valence-corrected chi connectivity index (χ1v) is 9.53. The summed E-state index contributed by atoms with van der Waals surface area (Å²) in [6, 6.07) is 5.00. The summed E-state index contributed by atoms with van der Waals surface area (Å²) >= 11 is 0. The third kappa shape index (κ3) is 3.14. The molecule has 152 valence electrons. The summed E-state index contributed by atoms with van der Waals surface area (Å²) < 4.78 is 25.8. The van der Waals surface area contributed by atoms with Crippen molar-refractivity contribution >= 4 is 11.8 Å². The van der Waals surface area contributed by atoms with Crippen LogP contribution in [-0.4, -0.2) is 63.9 Å². The molecule has 2 fully saturated rings. The maximum Gasteiger partial charge on any atom is 0.264 e. The van der Waals surface area contributed by atoms with Gasteiger partial charge in [0.1, 0.15) is 18.3 Å². The zero-order chi connectivity index (χ0) is 20.2. The smallest absolute Gasteiger partial charge is 0.264 e. The molecule has 2 amide bonds. The fourth-order valence-corrected chi connectivity index (χ4v) is 3.92. The van der Waals surface area contributed by atoms with E-state index in [0.29, 0.717) is 10.8 Å². The summed E-state index contributed by atoms with van der Waals surface area (Å²) in [6.45, 7) is 2.97. The average Bonchev–Trinajstić information content (AvgIpc) is 2.85. The summed E-state index contributed by atoms with van der Waals surface area (Å²) in [6.07, 6.45) is -3.70. The molecule has 0 bridgehead atoms. The average molecular weight is 393 g/mol. The Hall–Kier alpha value is -1.87. The molecule has 1 aromatic rings. The van der Waals surface area contributed by atoms with Gasteiger partial charge in [0.2, 0.25) is 6.30 Å². The quantitative estimate of drug-likeness (QED) is 0.597. The molecule has 4 atom stereocenters. The van der Waals surface area contributed by atoms with Gasteiger partial charge in [-0.1, -0.05) is 12.5 Å². The van der Waals surface area contributed by atoms with E-state index in [2.05, 4.69) is 0 Å². The van der Waals surface area contributed by atoms with Gasteiger partial charge in [0, 0.05) is 0 Å². The van der Waals surface area contributed by atoms with Gasteiger partial charge >= 0.3 is 0 Å². The van der Waals surface area contributed by atoms with Crippen LogP contribution >= 0.6 is 0 Å². The second kappa shape index (κ2) is 6.88. The summed E-state index contributed by atoms with van der Waals surface area (Å²) in [7, 11) is 0. The molecule has 8 heteroatoms. The van der Waals surface area contributed by atoms with E-state index in [1.54, 1.807) is 32.0 Å². The van der Waals surface area contributed by atoms with Crippen LogP contribution in [0.15, 0.2) is 18.2 Å². The zero-order valence-corrected chi connectivity index (χ0v) is 15.8. The van der Waals surface area contributed by atoms with E-state index in [0.717, 1.165) is 24.8 Å². The number of amides is 2. The molecule has 2 unspecified atom stereocenters. The van der Waals surface area contributed by atoms with Crippen molar-refractivity contribution in [3.63, 3.8) is 0 Å².